The van der Waals surface area contributed by atoms with Gasteiger partial charge in [0.05, 0.1) is 6.54 Å². The highest BCUT2D eigenvalue weighted by Crippen LogP contribution is 2.39. The van der Waals surface area contributed by atoms with Crippen molar-refractivity contribution in [3.8, 4) is 11.8 Å². The maximum Gasteiger partial charge on any atom is 0.303 e. The highest BCUT2D eigenvalue weighted by molar-refractivity contribution is 5.67. The molecular weight excluding hydrogens is 202 g/mol. The summed E-state index contributed by atoms with van der Waals surface area (Å²) in [5.74, 6) is 5.82. The van der Waals surface area contributed by atoms with Crippen LogP contribution in [0.2, 0.25) is 0 Å². The van der Waals surface area contributed by atoms with Crippen molar-refractivity contribution in [1.29, 1.82) is 0 Å². The zero-order valence-corrected chi connectivity index (χ0v) is 9.78. The average Bonchev–Trinajstić information content (AvgIpc) is 2.46. The van der Waals surface area contributed by atoms with Crippen molar-refractivity contribution in [2.45, 2.75) is 51.1 Å². The van der Waals surface area contributed by atoms with E-state index in [0.717, 1.165) is 19.4 Å². The summed E-state index contributed by atoms with van der Waals surface area (Å²) in [5.41, 5.74) is 0. The van der Waals surface area contributed by atoms with Crippen molar-refractivity contribution in [3.05, 3.63) is 0 Å². The van der Waals surface area contributed by atoms with Crippen LogP contribution in [0.15, 0.2) is 0 Å². The molecule has 0 amide bonds. The highest BCUT2D eigenvalue weighted by atomic mass is 16.4. The number of hydrogen-bond donors (Lipinski definition) is 1. The zero-order chi connectivity index (χ0) is 11.5. The number of aliphatic carboxylic acids is 1. The van der Waals surface area contributed by atoms with Crippen molar-refractivity contribution in [1.82, 2.24) is 4.90 Å². The lowest BCUT2D eigenvalue weighted by molar-refractivity contribution is -0.138. The largest absolute Gasteiger partial charge is 0.481 e. The Hall–Kier alpha value is -1.01. The van der Waals surface area contributed by atoms with E-state index in [1.165, 1.54) is 12.8 Å². The van der Waals surface area contributed by atoms with Gasteiger partial charge in [0.1, 0.15) is 0 Å². The van der Waals surface area contributed by atoms with E-state index in [1.807, 2.05) is 6.92 Å². The molecule has 88 valence electrons. The smallest absolute Gasteiger partial charge is 0.303 e. The molecule has 2 unspecified atom stereocenters. The number of piperidine rings is 1. The van der Waals surface area contributed by atoms with Crippen molar-refractivity contribution in [3.63, 3.8) is 0 Å². The molecule has 0 spiro atoms. The van der Waals surface area contributed by atoms with Gasteiger partial charge in [0, 0.05) is 18.5 Å². The Kier molecular flexibility index (Phi) is 3.50. The number of carboxylic acid groups (broad SMARTS) is 1. The van der Waals surface area contributed by atoms with Gasteiger partial charge in [0.25, 0.3) is 0 Å². The van der Waals surface area contributed by atoms with Crippen LogP contribution < -0.4 is 0 Å². The second-order valence-corrected chi connectivity index (χ2v) is 4.92. The van der Waals surface area contributed by atoms with Crippen LogP contribution >= 0.6 is 0 Å². The van der Waals surface area contributed by atoms with Crippen LogP contribution in [0.1, 0.15) is 39.0 Å². The molecule has 3 heteroatoms. The van der Waals surface area contributed by atoms with E-state index < -0.39 is 5.97 Å². The third kappa shape index (κ3) is 2.38. The van der Waals surface area contributed by atoms with Crippen LogP contribution in [0.25, 0.3) is 0 Å². The van der Waals surface area contributed by atoms with Gasteiger partial charge in [0.15, 0.2) is 0 Å². The van der Waals surface area contributed by atoms with Gasteiger partial charge in [-0.25, -0.2) is 0 Å². The zero-order valence-electron chi connectivity index (χ0n) is 9.78. The molecule has 2 fully saturated rings. The minimum absolute atomic E-state index is 0.348. The molecule has 2 aliphatic rings. The summed E-state index contributed by atoms with van der Waals surface area (Å²) < 4.78 is 0. The summed E-state index contributed by atoms with van der Waals surface area (Å²) >= 11 is 0. The molecule has 16 heavy (non-hydrogen) atoms. The van der Waals surface area contributed by atoms with E-state index in [4.69, 9.17) is 5.11 Å². The summed E-state index contributed by atoms with van der Waals surface area (Å²) in [5, 5.41) is 8.83. The third-order valence-corrected chi connectivity index (χ3v) is 3.88. The maximum atomic E-state index is 10.7. The first kappa shape index (κ1) is 11.5. The van der Waals surface area contributed by atoms with Gasteiger partial charge in [-0.3, -0.25) is 9.69 Å². The van der Waals surface area contributed by atoms with Gasteiger partial charge in [-0.15, -0.1) is 5.92 Å². The highest BCUT2D eigenvalue weighted by Gasteiger charge is 2.40. The number of rotatable bonds is 3. The summed E-state index contributed by atoms with van der Waals surface area (Å²) in [6.45, 7) is 2.74. The molecule has 0 aliphatic carbocycles. The van der Waals surface area contributed by atoms with Crippen molar-refractivity contribution < 1.29 is 9.90 Å². The molecule has 0 aromatic carbocycles. The van der Waals surface area contributed by atoms with Crippen LogP contribution in [0, 0.1) is 17.8 Å². The normalized spacial score (nSPS) is 33.2. The fourth-order valence-corrected chi connectivity index (χ4v) is 3.23. The lowest BCUT2D eigenvalue weighted by Crippen LogP contribution is -2.43. The van der Waals surface area contributed by atoms with E-state index in [1.54, 1.807) is 0 Å². The van der Waals surface area contributed by atoms with Crippen LogP contribution in [0.4, 0.5) is 0 Å². The Balaban J connectivity index is 1.94. The van der Waals surface area contributed by atoms with Crippen LogP contribution in [0.5, 0.6) is 0 Å². The van der Waals surface area contributed by atoms with Crippen LogP contribution in [-0.4, -0.2) is 34.6 Å². The summed E-state index contributed by atoms with van der Waals surface area (Å²) in [6, 6.07) is 1.17. The molecule has 2 bridgehead atoms. The fourth-order valence-electron chi connectivity index (χ4n) is 3.23. The minimum atomic E-state index is -0.647. The molecule has 1 N–H and O–H groups in total. The van der Waals surface area contributed by atoms with E-state index >= 15 is 0 Å². The van der Waals surface area contributed by atoms with Crippen LogP contribution in [0.3, 0.4) is 0 Å². The second-order valence-electron chi connectivity index (χ2n) is 4.92. The molecule has 2 rings (SSSR count). The van der Waals surface area contributed by atoms with Crippen molar-refractivity contribution >= 4 is 5.97 Å². The minimum Gasteiger partial charge on any atom is -0.481 e. The molecule has 0 aromatic heterocycles. The topological polar surface area (TPSA) is 40.5 Å². The molecule has 2 heterocycles. The van der Waals surface area contributed by atoms with Crippen molar-refractivity contribution in [2.24, 2.45) is 5.92 Å². The Morgan fingerprint density at radius 1 is 1.38 bits per heavy atom. The van der Waals surface area contributed by atoms with Crippen LogP contribution in [-0.2, 0) is 4.79 Å². The van der Waals surface area contributed by atoms with Gasteiger partial charge < -0.3 is 5.11 Å². The summed E-state index contributed by atoms with van der Waals surface area (Å²) in [4.78, 5) is 13.2. The summed E-state index contributed by atoms with van der Waals surface area (Å²) in [7, 11) is 0. The average molecular weight is 221 g/mol. The Morgan fingerprint density at radius 2 is 2.00 bits per heavy atom. The SMILES string of the molecule is CC#CCN1C2CCC1CC(CC(=O)O)C2. The quantitative estimate of drug-likeness (QED) is 0.738. The third-order valence-electron chi connectivity index (χ3n) is 3.88. The predicted molar refractivity (Wildman–Crippen MR) is 61.9 cm³/mol. The van der Waals surface area contributed by atoms with E-state index in [0.29, 0.717) is 24.4 Å². The van der Waals surface area contributed by atoms with Gasteiger partial charge >= 0.3 is 5.97 Å². The number of hydrogen-bond acceptors (Lipinski definition) is 2. The van der Waals surface area contributed by atoms with Crippen molar-refractivity contribution in [2.75, 3.05) is 6.54 Å². The first-order valence-corrected chi connectivity index (χ1v) is 6.08. The number of carboxylic acids is 1. The summed E-state index contributed by atoms with van der Waals surface area (Å²) in [6.07, 6.45) is 4.90. The standard InChI is InChI=1S/C13H19NO2/c1-2-3-6-14-11-4-5-12(14)8-10(7-11)9-13(15)16/h10-12H,4-9H2,1H3,(H,15,16). The lowest BCUT2D eigenvalue weighted by Gasteiger charge is -2.37. The fraction of sp³-hybridized carbons (Fsp3) is 0.769. The van der Waals surface area contributed by atoms with Gasteiger partial charge in [0.2, 0.25) is 0 Å². The van der Waals surface area contributed by atoms with Gasteiger partial charge in [-0.05, 0) is 38.5 Å². The second kappa shape index (κ2) is 4.88. The molecule has 0 saturated carbocycles. The molecule has 2 saturated heterocycles. The molecule has 0 aromatic rings. The number of carbonyl (C=O) groups is 1. The first-order chi connectivity index (χ1) is 7.70. The van der Waals surface area contributed by atoms with E-state index in [9.17, 15) is 4.79 Å². The molecule has 2 aliphatic heterocycles. The molecule has 3 nitrogen and oxygen atoms in total. The lowest BCUT2D eigenvalue weighted by atomic mass is 9.88. The first-order valence-electron chi connectivity index (χ1n) is 6.08. The predicted octanol–water partition coefficient (Wildman–Crippen LogP) is 1.73. The Morgan fingerprint density at radius 3 is 2.50 bits per heavy atom. The number of nitrogens with zero attached hydrogens (tertiary/aromatic N) is 1. The van der Waals surface area contributed by atoms with Gasteiger partial charge in [-0.1, -0.05) is 5.92 Å². The molecular formula is C13H19NO2. The maximum absolute atomic E-state index is 10.7. The van der Waals surface area contributed by atoms with E-state index in [2.05, 4.69) is 16.7 Å². The van der Waals surface area contributed by atoms with Gasteiger partial charge in [-0.2, -0.15) is 0 Å². The Bertz CT molecular complexity index is 315. The Labute approximate surface area is 96.8 Å². The molecule has 0 radical (unpaired) electrons. The monoisotopic (exact) mass is 221 g/mol. The van der Waals surface area contributed by atoms with E-state index in [-0.39, 0.29) is 0 Å². The molecule has 2 atom stereocenters. The number of fused-ring (bicyclic) bond motifs is 2.